The van der Waals surface area contributed by atoms with E-state index in [0.717, 1.165) is 0 Å². The quantitative estimate of drug-likeness (QED) is 0.658. The second-order valence-electron chi connectivity index (χ2n) is 1.91. The summed E-state index contributed by atoms with van der Waals surface area (Å²) in [6.07, 6.45) is 1.91. The van der Waals surface area contributed by atoms with E-state index in [9.17, 15) is 4.79 Å². The van der Waals surface area contributed by atoms with Crippen LogP contribution < -0.4 is 5.32 Å². The molecule has 5 nitrogen and oxygen atoms in total. The molecule has 0 radical (unpaired) electrons. The van der Waals surface area contributed by atoms with E-state index >= 15 is 0 Å². The van der Waals surface area contributed by atoms with Crippen molar-refractivity contribution >= 4 is 11.7 Å². The first kappa shape index (κ1) is 7.59. The second kappa shape index (κ2) is 3.60. The summed E-state index contributed by atoms with van der Waals surface area (Å²) in [6, 6.07) is 1.58. The minimum atomic E-state index is -0.0782. The first-order valence-corrected chi connectivity index (χ1v) is 3.27. The maximum atomic E-state index is 10.8. The van der Waals surface area contributed by atoms with Crippen molar-refractivity contribution in [2.75, 3.05) is 5.32 Å². The van der Waals surface area contributed by atoms with E-state index in [1.807, 2.05) is 0 Å². The zero-order chi connectivity index (χ0) is 8.10. The summed E-state index contributed by atoms with van der Waals surface area (Å²) in [6.45, 7) is 1.77. The third kappa shape index (κ3) is 2.29. The standard InChI is InChI=1S/C6H8N4O/c1-2-6(11)8-5-3-4-7-10-9-5/h3-4H,2H2,1H3,(H,7,8,9,11). The number of hydrogen-bond donors (Lipinski definition) is 1. The van der Waals surface area contributed by atoms with Gasteiger partial charge < -0.3 is 5.32 Å². The van der Waals surface area contributed by atoms with Crippen molar-refractivity contribution in [1.29, 1.82) is 0 Å². The molecule has 0 spiro atoms. The highest BCUT2D eigenvalue weighted by Gasteiger charge is 1.97. The van der Waals surface area contributed by atoms with Gasteiger partial charge in [-0.15, -0.1) is 10.2 Å². The van der Waals surface area contributed by atoms with E-state index in [1.165, 1.54) is 6.20 Å². The lowest BCUT2D eigenvalue weighted by Gasteiger charge is -1.97. The molecule has 0 bridgehead atoms. The molecule has 5 heteroatoms. The Morgan fingerprint density at radius 1 is 1.73 bits per heavy atom. The lowest BCUT2D eigenvalue weighted by Crippen LogP contribution is -2.11. The summed E-state index contributed by atoms with van der Waals surface area (Å²) in [4.78, 5) is 10.8. The molecule has 58 valence electrons. The number of hydrogen-bond acceptors (Lipinski definition) is 4. The fourth-order valence-electron chi connectivity index (χ4n) is 0.539. The molecule has 1 heterocycles. The SMILES string of the molecule is CCC(=O)Nc1ccnnn1. The van der Waals surface area contributed by atoms with Gasteiger partial charge in [0.05, 0.1) is 6.20 Å². The second-order valence-corrected chi connectivity index (χ2v) is 1.91. The Bertz CT molecular complexity index is 236. The molecule has 0 fully saturated rings. The third-order valence-corrected chi connectivity index (χ3v) is 1.09. The van der Waals surface area contributed by atoms with Gasteiger partial charge in [-0.05, 0) is 5.21 Å². The molecule has 0 aromatic carbocycles. The van der Waals surface area contributed by atoms with Crippen LogP contribution in [0.2, 0.25) is 0 Å². The monoisotopic (exact) mass is 152 g/mol. The average molecular weight is 152 g/mol. The van der Waals surface area contributed by atoms with Gasteiger partial charge in [-0.3, -0.25) is 4.79 Å². The molecule has 1 N–H and O–H groups in total. The molecule has 0 aliphatic carbocycles. The van der Waals surface area contributed by atoms with Crippen LogP contribution in [0.3, 0.4) is 0 Å². The van der Waals surface area contributed by atoms with E-state index in [1.54, 1.807) is 13.0 Å². The predicted molar refractivity (Wildman–Crippen MR) is 38.7 cm³/mol. The Hall–Kier alpha value is -1.52. The van der Waals surface area contributed by atoms with Crippen LogP contribution in [0.4, 0.5) is 5.82 Å². The van der Waals surface area contributed by atoms with Crippen LogP contribution in [-0.2, 0) is 4.79 Å². The molecule has 1 rings (SSSR count). The summed E-state index contributed by atoms with van der Waals surface area (Å²) in [5, 5.41) is 12.9. The van der Waals surface area contributed by atoms with E-state index in [-0.39, 0.29) is 5.91 Å². The fourth-order valence-corrected chi connectivity index (χ4v) is 0.539. The summed E-state index contributed by atoms with van der Waals surface area (Å²) in [7, 11) is 0. The summed E-state index contributed by atoms with van der Waals surface area (Å²) < 4.78 is 0. The third-order valence-electron chi connectivity index (χ3n) is 1.09. The number of amides is 1. The Morgan fingerprint density at radius 2 is 2.55 bits per heavy atom. The Morgan fingerprint density at radius 3 is 3.09 bits per heavy atom. The van der Waals surface area contributed by atoms with Crippen molar-refractivity contribution in [3.05, 3.63) is 12.3 Å². The van der Waals surface area contributed by atoms with Gasteiger partial charge in [-0.2, -0.15) is 0 Å². The van der Waals surface area contributed by atoms with E-state index in [0.29, 0.717) is 12.2 Å². The molecule has 1 amide bonds. The summed E-state index contributed by atoms with van der Waals surface area (Å²) in [5.74, 6) is 0.359. The van der Waals surface area contributed by atoms with Gasteiger partial charge in [-0.1, -0.05) is 6.92 Å². The van der Waals surface area contributed by atoms with Gasteiger partial charge in [0.2, 0.25) is 5.91 Å². The zero-order valence-corrected chi connectivity index (χ0v) is 6.11. The van der Waals surface area contributed by atoms with E-state index < -0.39 is 0 Å². The number of nitrogens with zero attached hydrogens (tertiary/aromatic N) is 3. The highest BCUT2D eigenvalue weighted by molar-refractivity contribution is 5.89. The summed E-state index contributed by atoms with van der Waals surface area (Å²) in [5.41, 5.74) is 0. The highest BCUT2D eigenvalue weighted by atomic mass is 16.1. The van der Waals surface area contributed by atoms with E-state index in [4.69, 9.17) is 0 Å². The number of nitrogens with one attached hydrogen (secondary N) is 1. The minimum Gasteiger partial charge on any atom is -0.309 e. The zero-order valence-electron chi connectivity index (χ0n) is 6.11. The number of carbonyl (C=O) groups is 1. The van der Waals surface area contributed by atoms with Crippen LogP contribution >= 0.6 is 0 Å². The lowest BCUT2D eigenvalue weighted by molar-refractivity contribution is -0.115. The predicted octanol–water partition coefficient (Wildman–Crippen LogP) is 0.220. The van der Waals surface area contributed by atoms with Crippen LogP contribution in [0.25, 0.3) is 0 Å². The molecule has 0 atom stereocenters. The molecule has 0 saturated carbocycles. The van der Waals surface area contributed by atoms with Gasteiger partial charge in [0.1, 0.15) is 0 Å². The molecule has 0 aliphatic heterocycles. The Labute approximate surface area is 63.8 Å². The lowest BCUT2D eigenvalue weighted by atomic mass is 10.4. The average Bonchev–Trinajstić information content (AvgIpc) is 2.06. The molecule has 0 unspecified atom stereocenters. The van der Waals surface area contributed by atoms with Crippen molar-refractivity contribution in [3.63, 3.8) is 0 Å². The van der Waals surface area contributed by atoms with Crippen LogP contribution in [0, 0.1) is 0 Å². The van der Waals surface area contributed by atoms with Gasteiger partial charge in [0, 0.05) is 12.5 Å². The molecule has 11 heavy (non-hydrogen) atoms. The van der Waals surface area contributed by atoms with Crippen LogP contribution in [0.15, 0.2) is 12.3 Å². The van der Waals surface area contributed by atoms with Crippen LogP contribution in [0.5, 0.6) is 0 Å². The largest absolute Gasteiger partial charge is 0.309 e. The molecule has 1 aromatic heterocycles. The van der Waals surface area contributed by atoms with Crippen molar-refractivity contribution in [1.82, 2.24) is 15.4 Å². The number of carbonyl (C=O) groups excluding carboxylic acids is 1. The van der Waals surface area contributed by atoms with Crippen molar-refractivity contribution < 1.29 is 4.79 Å². The Balaban J connectivity index is 2.58. The molecular formula is C6H8N4O. The topological polar surface area (TPSA) is 67.8 Å². The molecular weight excluding hydrogens is 144 g/mol. The maximum Gasteiger partial charge on any atom is 0.225 e. The first-order chi connectivity index (χ1) is 5.33. The van der Waals surface area contributed by atoms with Gasteiger partial charge >= 0.3 is 0 Å². The molecule has 1 aromatic rings. The summed E-state index contributed by atoms with van der Waals surface area (Å²) >= 11 is 0. The molecule has 0 saturated heterocycles. The minimum absolute atomic E-state index is 0.0782. The number of anilines is 1. The maximum absolute atomic E-state index is 10.8. The van der Waals surface area contributed by atoms with E-state index in [2.05, 4.69) is 20.7 Å². The smallest absolute Gasteiger partial charge is 0.225 e. The number of rotatable bonds is 2. The van der Waals surface area contributed by atoms with Crippen molar-refractivity contribution in [3.8, 4) is 0 Å². The molecule has 0 aliphatic rings. The van der Waals surface area contributed by atoms with Gasteiger partial charge in [-0.25, -0.2) is 0 Å². The number of aromatic nitrogens is 3. The first-order valence-electron chi connectivity index (χ1n) is 3.27. The van der Waals surface area contributed by atoms with Crippen LogP contribution in [-0.4, -0.2) is 21.3 Å². The normalized spacial score (nSPS) is 9.18. The fraction of sp³-hybridized carbons (Fsp3) is 0.333. The van der Waals surface area contributed by atoms with Gasteiger partial charge in [0.15, 0.2) is 5.82 Å². The highest BCUT2D eigenvalue weighted by Crippen LogP contribution is 1.96. The van der Waals surface area contributed by atoms with Crippen molar-refractivity contribution in [2.24, 2.45) is 0 Å². The Kier molecular flexibility index (Phi) is 2.48. The van der Waals surface area contributed by atoms with Gasteiger partial charge in [0.25, 0.3) is 0 Å². The van der Waals surface area contributed by atoms with Crippen molar-refractivity contribution in [2.45, 2.75) is 13.3 Å². The van der Waals surface area contributed by atoms with Crippen LogP contribution in [0.1, 0.15) is 13.3 Å².